The van der Waals surface area contributed by atoms with Crippen molar-refractivity contribution in [1.82, 2.24) is 10.2 Å². The van der Waals surface area contributed by atoms with Crippen molar-refractivity contribution < 1.29 is 5.11 Å². The third kappa shape index (κ3) is 3.95. The van der Waals surface area contributed by atoms with E-state index in [9.17, 15) is 0 Å². The van der Waals surface area contributed by atoms with E-state index in [0.717, 1.165) is 32.1 Å². The van der Waals surface area contributed by atoms with Crippen LogP contribution in [0.2, 0.25) is 0 Å². The van der Waals surface area contributed by atoms with Crippen molar-refractivity contribution in [2.24, 2.45) is 0 Å². The molecule has 0 aliphatic heterocycles. The van der Waals surface area contributed by atoms with Gasteiger partial charge in [-0.15, -0.1) is 0 Å². The Labute approximate surface area is 87.5 Å². The fraction of sp³-hybridized carbons (Fsp3) is 1.00. The first-order valence-corrected chi connectivity index (χ1v) is 5.90. The maximum absolute atomic E-state index is 9.12. The zero-order chi connectivity index (χ0) is 10.4. The van der Waals surface area contributed by atoms with E-state index in [1.807, 2.05) is 0 Å². The smallest absolute Gasteiger partial charge is 0.0585 e. The average molecular weight is 200 g/mol. The lowest BCUT2D eigenvalue weighted by Crippen LogP contribution is -2.37. The summed E-state index contributed by atoms with van der Waals surface area (Å²) in [6, 6.07) is 1.13. The molecule has 1 aliphatic rings. The first-order valence-electron chi connectivity index (χ1n) is 5.90. The van der Waals surface area contributed by atoms with Crippen LogP contribution in [0.15, 0.2) is 0 Å². The molecule has 0 spiro atoms. The number of nitrogens with zero attached hydrogens (tertiary/aromatic N) is 1. The predicted molar refractivity (Wildman–Crippen MR) is 59.4 cm³/mol. The van der Waals surface area contributed by atoms with Crippen molar-refractivity contribution in [2.75, 3.05) is 26.2 Å². The molecule has 3 nitrogen and oxygen atoms in total. The van der Waals surface area contributed by atoms with Gasteiger partial charge in [0.15, 0.2) is 0 Å². The van der Waals surface area contributed by atoms with Crippen LogP contribution in [0.1, 0.15) is 33.1 Å². The van der Waals surface area contributed by atoms with E-state index >= 15 is 0 Å². The lowest BCUT2D eigenvalue weighted by molar-refractivity contribution is 0.206. The van der Waals surface area contributed by atoms with Gasteiger partial charge in [0.1, 0.15) is 0 Å². The summed E-state index contributed by atoms with van der Waals surface area (Å²) < 4.78 is 0. The first kappa shape index (κ1) is 12.0. The third-order valence-corrected chi connectivity index (χ3v) is 2.95. The highest BCUT2D eigenvalue weighted by Gasteiger charge is 2.27. The molecule has 1 atom stereocenters. The molecule has 14 heavy (non-hydrogen) atoms. The summed E-state index contributed by atoms with van der Waals surface area (Å²) in [5.74, 6) is 0. The number of aliphatic hydroxyl groups is 1. The molecule has 3 heteroatoms. The van der Waals surface area contributed by atoms with Gasteiger partial charge in [-0.2, -0.15) is 0 Å². The standard InChI is InChI=1S/C11H24N2O/c1-3-12-10(9-14)7-8-13(4-2)11-5-6-11/h10-12,14H,3-9H2,1-2H3. The normalized spacial score (nSPS) is 18.9. The molecular formula is C11H24N2O. The van der Waals surface area contributed by atoms with E-state index < -0.39 is 0 Å². The Morgan fingerprint density at radius 1 is 1.43 bits per heavy atom. The maximum atomic E-state index is 9.12. The van der Waals surface area contributed by atoms with Crippen molar-refractivity contribution >= 4 is 0 Å². The molecule has 2 N–H and O–H groups in total. The van der Waals surface area contributed by atoms with E-state index in [0.29, 0.717) is 0 Å². The van der Waals surface area contributed by atoms with Gasteiger partial charge < -0.3 is 15.3 Å². The van der Waals surface area contributed by atoms with Gasteiger partial charge in [-0.1, -0.05) is 13.8 Å². The summed E-state index contributed by atoms with van der Waals surface area (Å²) in [7, 11) is 0. The molecule has 0 aromatic heterocycles. The number of nitrogens with one attached hydrogen (secondary N) is 1. The van der Waals surface area contributed by atoms with E-state index in [2.05, 4.69) is 24.1 Å². The molecule has 0 aromatic rings. The van der Waals surface area contributed by atoms with Crippen LogP contribution in [-0.4, -0.2) is 48.3 Å². The van der Waals surface area contributed by atoms with Crippen molar-refractivity contribution in [3.8, 4) is 0 Å². The predicted octanol–water partition coefficient (Wildman–Crippen LogP) is 0.831. The molecule has 0 radical (unpaired) electrons. The first-order chi connectivity index (χ1) is 6.81. The Morgan fingerprint density at radius 2 is 2.14 bits per heavy atom. The van der Waals surface area contributed by atoms with Crippen LogP contribution in [0.3, 0.4) is 0 Å². The highest BCUT2D eigenvalue weighted by molar-refractivity contribution is 4.84. The Morgan fingerprint density at radius 3 is 2.57 bits per heavy atom. The molecule has 0 aromatic carbocycles. The van der Waals surface area contributed by atoms with Gasteiger partial charge in [0.25, 0.3) is 0 Å². The summed E-state index contributed by atoms with van der Waals surface area (Å²) in [5.41, 5.74) is 0. The van der Waals surface area contributed by atoms with Crippen molar-refractivity contribution in [1.29, 1.82) is 0 Å². The molecule has 1 fully saturated rings. The summed E-state index contributed by atoms with van der Waals surface area (Å²) in [6.07, 6.45) is 3.81. The van der Waals surface area contributed by atoms with Crippen molar-refractivity contribution in [2.45, 2.75) is 45.2 Å². The maximum Gasteiger partial charge on any atom is 0.0585 e. The van der Waals surface area contributed by atoms with E-state index in [-0.39, 0.29) is 12.6 Å². The van der Waals surface area contributed by atoms with Crippen LogP contribution in [-0.2, 0) is 0 Å². The number of rotatable bonds is 8. The molecule has 1 rings (SSSR count). The molecule has 0 saturated heterocycles. The monoisotopic (exact) mass is 200 g/mol. The van der Waals surface area contributed by atoms with Gasteiger partial charge in [-0.05, 0) is 38.9 Å². The zero-order valence-electron chi connectivity index (χ0n) is 9.50. The van der Waals surface area contributed by atoms with Gasteiger partial charge in [0, 0.05) is 12.1 Å². The van der Waals surface area contributed by atoms with Crippen LogP contribution < -0.4 is 5.32 Å². The average Bonchev–Trinajstić information content (AvgIpc) is 3.01. The second kappa shape index (κ2) is 6.38. The molecule has 0 bridgehead atoms. The molecule has 0 heterocycles. The topological polar surface area (TPSA) is 35.5 Å². The number of hydrogen-bond donors (Lipinski definition) is 2. The fourth-order valence-electron chi connectivity index (χ4n) is 1.91. The minimum absolute atomic E-state index is 0.260. The zero-order valence-corrected chi connectivity index (χ0v) is 9.50. The molecular weight excluding hydrogens is 176 g/mol. The molecule has 84 valence electrons. The second-order valence-electron chi connectivity index (χ2n) is 4.09. The highest BCUT2D eigenvalue weighted by Crippen LogP contribution is 2.26. The number of hydrogen-bond acceptors (Lipinski definition) is 3. The SMILES string of the molecule is CCNC(CO)CCN(CC)C1CC1. The Kier molecular flexibility index (Phi) is 5.45. The van der Waals surface area contributed by atoms with E-state index in [4.69, 9.17) is 5.11 Å². The van der Waals surface area contributed by atoms with E-state index in [1.54, 1.807) is 0 Å². The van der Waals surface area contributed by atoms with Gasteiger partial charge in [-0.3, -0.25) is 0 Å². The summed E-state index contributed by atoms with van der Waals surface area (Å²) >= 11 is 0. The largest absolute Gasteiger partial charge is 0.395 e. The Hall–Kier alpha value is -0.120. The number of likely N-dealkylation sites (N-methyl/N-ethyl adjacent to an activating group) is 1. The van der Waals surface area contributed by atoms with Crippen LogP contribution in [0.5, 0.6) is 0 Å². The Balaban J connectivity index is 2.14. The molecule has 0 amide bonds. The molecule has 1 aliphatic carbocycles. The molecule has 1 saturated carbocycles. The second-order valence-corrected chi connectivity index (χ2v) is 4.09. The van der Waals surface area contributed by atoms with Gasteiger partial charge in [0.05, 0.1) is 6.61 Å². The third-order valence-electron chi connectivity index (χ3n) is 2.95. The van der Waals surface area contributed by atoms with Gasteiger partial charge >= 0.3 is 0 Å². The van der Waals surface area contributed by atoms with Gasteiger partial charge in [-0.25, -0.2) is 0 Å². The van der Waals surface area contributed by atoms with Gasteiger partial charge in [0.2, 0.25) is 0 Å². The number of aliphatic hydroxyl groups excluding tert-OH is 1. The minimum atomic E-state index is 0.260. The van der Waals surface area contributed by atoms with Crippen LogP contribution in [0, 0.1) is 0 Å². The molecule has 1 unspecified atom stereocenters. The minimum Gasteiger partial charge on any atom is -0.395 e. The lowest BCUT2D eigenvalue weighted by atomic mass is 10.2. The Bertz CT molecular complexity index is 148. The summed E-state index contributed by atoms with van der Waals surface area (Å²) in [6.45, 7) is 7.78. The van der Waals surface area contributed by atoms with E-state index in [1.165, 1.54) is 12.8 Å². The van der Waals surface area contributed by atoms with Crippen molar-refractivity contribution in [3.63, 3.8) is 0 Å². The quantitative estimate of drug-likeness (QED) is 0.609. The van der Waals surface area contributed by atoms with Crippen molar-refractivity contribution in [3.05, 3.63) is 0 Å². The lowest BCUT2D eigenvalue weighted by Gasteiger charge is -2.23. The fourth-order valence-corrected chi connectivity index (χ4v) is 1.91. The van der Waals surface area contributed by atoms with Crippen LogP contribution in [0.25, 0.3) is 0 Å². The summed E-state index contributed by atoms with van der Waals surface area (Å²) in [5, 5.41) is 12.4. The highest BCUT2D eigenvalue weighted by atomic mass is 16.3. The van der Waals surface area contributed by atoms with Crippen LogP contribution >= 0.6 is 0 Å². The van der Waals surface area contributed by atoms with Crippen LogP contribution in [0.4, 0.5) is 0 Å². The summed E-state index contributed by atoms with van der Waals surface area (Å²) in [4.78, 5) is 2.53.